The van der Waals surface area contributed by atoms with Gasteiger partial charge in [0.25, 0.3) is 0 Å². The molecule has 2 amide bonds. The van der Waals surface area contributed by atoms with E-state index < -0.39 is 13.2 Å². The number of hydrogen-bond acceptors (Lipinski definition) is 4. The number of aryl methyl sites for hydroxylation is 1. The van der Waals surface area contributed by atoms with Crippen molar-refractivity contribution in [1.29, 1.82) is 0 Å². The van der Waals surface area contributed by atoms with E-state index in [4.69, 9.17) is 9.31 Å². The first-order chi connectivity index (χ1) is 18.5. The molecule has 2 unspecified atom stereocenters. The molecule has 1 saturated heterocycles. The fourth-order valence-electron chi connectivity index (χ4n) is 8.07. The van der Waals surface area contributed by atoms with Crippen LogP contribution in [0, 0.1) is 29.1 Å². The zero-order valence-corrected chi connectivity index (χ0v) is 25.1. The molecule has 1 aromatic rings. The summed E-state index contributed by atoms with van der Waals surface area (Å²) in [4.78, 5) is 27.5. The average Bonchev–Trinajstić information content (AvgIpc) is 3.27. The van der Waals surface area contributed by atoms with Gasteiger partial charge in [0.1, 0.15) is 6.04 Å². The molecule has 5 aliphatic rings. The number of hydrogen-bond donors (Lipinski definition) is 2. The second-order valence-electron chi connectivity index (χ2n) is 14.1. The van der Waals surface area contributed by atoms with Crippen LogP contribution in [0.25, 0.3) is 0 Å². The van der Waals surface area contributed by atoms with Crippen LogP contribution in [-0.4, -0.2) is 42.6 Å². The Bertz CT molecular complexity index is 1080. The summed E-state index contributed by atoms with van der Waals surface area (Å²) in [5.74, 6) is 0.862. The van der Waals surface area contributed by atoms with Crippen molar-refractivity contribution in [2.75, 3.05) is 0 Å². The van der Waals surface area contributed by atoms with Crippen molar-refractivity contribution in [2.45, 2.75) is 123 Å². The summed E-state index contributed by atoms with van der Waals surface area (Å²) in [5.41, 5.74) is 2.30. The van der Waals surface area contributed by atoms with Gasteiger partial charge in [-0.05, 0) is 85.7 Å². The minimum atomic E-state index is -0.600. The highest BCUT2D eigenvalue weighted by Crippen LogP contribution is 2.65. The van der Waals surface area contributed by atoms with Crippen LogP contribution in [0.5, 0.6) is 0 Å². The number of carbonyl (C=O) groups excluding carboxylic acids is 2. The Morgan fingerprint density at radius 3 is 2.54 bits per heavy atom. The van der Waals surface area contributed by atoms with E-state index in [1.807, 2.05) is 19.1 Å². The molecule has 1 aromatic carbocycles. The van der Waals surface area contributed by atoms with Crippen LogP contribution in [0.2, 0.25) is 0 Å². The summed E-state index contributed by atoms with van der Waals surface area (Å²) in [6.07, 6.45) is 6.65. The molecule has 7 heteroatoms. The molecule has 0 spiro atoms. The maximum atomic E-state index is 13.9. The van der Waals surface area contributed by atoms with E-state index in [2.05, 4.69) is 64.3 Å². The maximum Gasteiger partial charge on any atom is 0.481 e. The van der Waals surface area contributed by atoms with Crippen molar-refractivity contribution in [3.63, 3.8) is 0 Å². The van der Waals surface area contributed by atoms with Crippen LogP contribution in [0.3, 0.4) is 0 Å². The Labute approximate surface area is 235 Å². The molecule has 6 nitrogen and oxygen atoms in total. The van der Waals surface area contributed by atoms with Crippen molar-refractivity contribution in [2.24, 2.45) is 29.1 Å². The van der Waals surface area contributed by atoms with E-state index in [1.54, 1.807) is 0 Å². The highest BCUT2D eigenvalue weighted by molar-refractivity contribution is 6.48. The van der Waals surface area contributed by atoms with Gasteiger partial charge in [-0.15, -0.1) is 0 Å². The van der Waals surface area contributed by atoms with Crippen LogP contribution in [-0.2, 0) is 25.3 Å². The first-order valence-electron chi connectivity index (χ1n) is 15.5. The molecule has 2 N–H and O–H groups in total. The van der Waals surface area contributed by atoms with Gasteiger partial charge in [0, 0.05) is 0 Å². The van der Waals surface area contributed by atoms with Crippen LogP contribution >= 0.6 is 0 Å². The Hall–Kier alpha value is -1.86. The van der Waals surface area contributed by atoms with Gasteiger partial charge in [0.05, 0.1) is 23.6 Å². The first kappa shape index (κ1) is 28.7. The van der Waals surface area contributed by atoms with Crippen molar-refractivity contribution < 1.29 is 18.9 Å². The lowest BCUT2D eigenvalue weighted by molar-refractivity contribution is -0.199. The van der Waals surface area contributed by atoms with Gasteiger partial charge >= 0.3 is 7.12 Å². The third-order valence-corrected chi connectivity index (χ3v) is 10.8. The SMILES string of the molecule is CCC(C)[C@H](NC(=O)C1CCCc2ccccc21)C(=O)N[C@@H](CC(C)C)B1O[C@@H]2C[C@@H]3C[C@@H](C3(C)C)[C@]2(C)O1. The molecule has 8 atom stereocenters. The molecule has 214 valence electrons. The van der Waals surface area contributed by atoms with E-state index >= 15 is 0 Å². The summed E-state index contributed by atoms with van der Waals surface area (Å²) in [6.45, 7) is 15.4. The Morgan fingerprint density at radius 2 is 1.85 bits per heavy atom. The Balaban J connectivity index is 1.31. The third kappa shape index (κ3) is 5.19. The number of carbonyl (C=O) groups is 2. The van der Waals surface area contributed by atoms with Crippen molar-refractivity contribution in [1.82, 2.24) is 10.6 Å². The van der Waals surface area contributed by atoms with Gasteiger partial charge < -0.3 is 19.9 Å². The molecule has 1 heterocycles. The first-order valence-corrected chi connectivity index (χ1v) is 15.5. The van der Waals surface area contributed by atoms with Gasteiger partial charge in [-0.1, -0.05) is 72.2 Å². The third-order valence-electron chi connectivity index (χ3n) is 10.8. The van der Waals surface area contributed by atoms with E-state index in [0.717, 1.165) is 44.1 Å². The minimum absolute atomic E-state index is 0.00557. The van der Waals surface area contributed by atoms with E-state index in [1.165, 1.54) is 12.0 Å². The minimum Gasteiger partial charge on any atom is -0.404 e. The summed E-state index contributed by atoms with van der Waals surface area (Å²) in [5, 5.41) is 6.48. The fraction of sp³-hybridized carbons (Fsp3) is 0.750. The van der Waals surface area contributed by atoms with Crippen LogP contribution in [0.4, 0.5) is 0 Å². The maximum absolute atomic E-state index is 13.9. The molecule has 2 bridgehead atoms. The van der Waals surface area contributed by atoms with Crippen molar-refractivity contribution in [3.8, 4) is 0 Å². The predicted molar refractivity (Wildman–Crippen MR) is 155 cm³/mol. The summed E-state index contributed by atoms with van der Waals surface area (Å²) >= 11 is 0. The van der Waals surface area contributed by atoms with Gasteiger partial charge in [-0.25, -0.2) is 0 Å². The summed E-state index contributed by atoms with van der Waals surface area (Å²) in [6, 6.07) is 7.63. The normalized spacial score (nSPS) is 32.9. The Morgan fingerprint density at radius 1 is 1.10 bits per heavy atom. The molecular weight excluding hydrogens is 487 g/mol. The summed E-state index contributed by atoms with van der Waals surface area (Å²) < 4.78 is 13.3. The highest BCUT2D eigenvalue weighted by atomic mass is 16.7. The molecule has 6 rings (SSSR count). The monoisotopic (exact) mass is 536 g/mol. The van der Waals surface area contributed by atoms with Crippen LogP contribution in [0.15, 0.2) is 24.3 Å². The zero-order chi connectivity index (χ0) is 28.1. The number of amides is 2. The molecule has 4 aliphatic carbocycles. The second-order valence-corrected chi connectivity index (χ2v) is 14.1. The predicted octanol–water partition coefficient (Wildman–Crippen LogP) is 5.44. The van der Waals surface area contributed by atoms with E-state index in [-0.39, 0.29) is 46.7 Å². The lowest BCUT2D eigenvalue weighted by atomic mass is 9.43. The Kier molecular flexibility index (Phi) is 7.98. The average molecular weight is 537 g/mol. The topological polar surface area (TPSA) is 76.7 Å². The molecule has 0 aromatic heterocycles. The summed E-state index contributed by atoms with van der Waals surface area (Å²) in [7, 11) is -0.472. The lowest BCUT2D eigenvalue weighted by Crippen LogP contribution is -2.65. The van der Waals surface area contributed by atoms with Crippen molar-refractivity contribution >= 4 is 18.9 Å². The quantitative estimate of drug-likeness (QED) is 0.413. The molecule has 4 fully saturated rings. The van der Waals surface area contributed by atoms with Gasteiger partial charge in [0.15, 0.2) is 0 Å². The highest BCUT2D eigenvalue weighted by Gasteiger charge is 2.68. The van der Waals surface area contributed by atoms with Crippen molar-refractivity contribution in [3.05, 3.63) is 35.4 Å². The molecule has 39 heavy (non-hydrogen) atoms. The molecule has 1 aliphatic heterocycles. The van der Waals surface area contributed by atoms with E-state index in [9.17, 15) is 9.59 Å². The van der Waals surface area contributed by atoms with Gasteiger partial charge in [-0.2, -0.15) is 0 Å². The molecular formula is C32H49BN2O4. The largest absolute Gasteiger partial charge is 0.481 e. The van der Waals surface area contributed by atoms with Crippen LogP contribution in [0.1, 0.15) is 104 Å². The number of fused-ring (bicyclic) bond motifs is 1. The van der Waals surface area contributed by atoms with Crippen LogP contribution < -0.4 is 10.6 Å². The zero-order valence-electron chi connectivity index (χ0n) is 25.1. The molecule has 3 saturated carbocycles. The second kappa shape index (κ2) is 10.9. The number of benzene rings is 1. The lowest BCUT2D eigenvalue weighted by Gasteiger charge is -2.64. The smallest absolute Gasteiger partial charge is 0.404 e. The standard InChI is InChI=1S/C32H49BN2O4/c1-8-20(4)28(35-29(36)24-15-11-13-21-12-9-10-14-23(21)24)30(37)34-27(16-19(2)3)33-38-26-18-22-17-25(31(22,5)6)32(26,7)39-33/h9-10,12,14,19-20,22,24-28H,8,11,13,15-18H2,1-7H3,(H,34,37)(H,35,36)/t20?,22-,24?,25-,26+,27-,28-,32-/m0/s1. The fourth-order valence-corrected chi connectivity index (χ4v) is 8.07. The number of nitrogens with one attached hydrogen (secondary N) is 2. The van der Waals surface area contributed by atoms with E-state index in [0.29, 0.717) is 17.8 Å². The van der Waals surface area contributed by atoms with Gasteiger partial charge in [-0.3, -0.25) is 9.59 Å². The van der Waals surface area contributed by atoms with Gasteiger partial charge in [0.2, 0.25) is 11.8 Å². The number of rotatable bonds is 9. The molecule has 0 radical (unpaired) electrons.